The van der Waals surface area contributed by atoms with Crippen LogP contribution < -0.4 is 5.32 Å². The Bertz CT molecular complexity index is 1610. The number of H-pyrrole nitrogens is 1. The number of nitrogens with zero attached hydrogens (tertiary/aromatic N) is 3. The van der Waals surface area contributed by atoms with E-state index in [2.05, 4.69) is 61.2 Å². The molecule has 1 amide bonds. The molecule has 2 aromatic carbocycles. The first kappa shape index (κ1) is 30.5. The number of hydrogen-bond acceptors (Lipinski definition) is 5. The maximum atomic E-state index is 13.1. The molecule has 9 heteroatoms. The van der Waals surface area contributed by atoms with Gasteiger partial charge in [-0.2, -0.15) is 5.10 Å². The number of nitrogens with one attached hydrogen (secondary N) is 2. The van der Waals surface area contributed by atoms with E-state index in [0.717, 1.165) is 37.0 Å². The molecular weight excluding hydrogens is 534 g/mol. The van der Waals surface area contributed by atoms with Crippen LogP contribution in [0.4, 0.5) is 5.69 Å². The minimum Gasteiger partial charge on any atom is -0.358 e. The summed E-state index contributed by atoms with van der Waals surface area (Å²) in [5, 5.41) is 8.48. The highest BCUT2D eigenvalue weighted by Crippen LogP contribution is 2.33. The Kier molecular flexibility index (Phi) is 9.09. The summed E-state index contributed by atoms with van der Waals surface area (Å²) in [5.74, 6) is -0.174. The summed E-state index contributed by atoms with van der Waals surface area (Å²) < 4.78 is 27.0. The number of benzene rings is 2. The van der Waals surface area contributed by atoms with Gasteiger partial charge >= 0.3 is 0 Å². The predicted octanol–water partition coefficient (Wildman–Crippen LogP) is 6.04. The first-order chi connectivity index (χ1) is 19.3. The third kappa shape index (κ3) is 7.45. The van der Waals surface area contributed by atoms with Gasteiger partial charge in [-0.05, 0) is 74.3 Å². The fraction of sp³-hybridized carbons (Fsp3) is 0.438. The molecule has 0 spiro atoms. The van der Waals surface area contributed by atoms with Gasteiger partial charge in [0, 0.05) is 64.7 Å². The molecule has 2 N–H and O–H groups in total. The lowest BCUT2D eigenvalue weighted by Gasteiger charge is -2.21. The van der Waals surface area contributed by atoms with Crippen LogP contribution in [0.3, 0.4) is 0 Å². The standard InChI is InChI=1S/C32H43N5O3S/c1-8-37-20-23(18-33-37)19-36(7)16-15-27-28-17-25(11-14-29(28)35-30(27)32(4,5)6)34-31(38)24-9-12-26(13-10-24)41(39,40)21-22(2)3/h9-14,17-18,20,22,35H,8,15-16,19,21H2,1-7H3,(H,34,38). The largest absolute Gasteiger partial charge is 0.358 e. The fourth-order valence-corrected chi connectivity index (χ4v) is 6.75. The van der Waals surface area contributed by atoms with Crippen LogP contribution >= 0.6 is 0 Å². The van der Waals surface area contributed by atoms with Gasteiger partial charge in [0.25, 0.3) is 5.91 Å². The van der Waals surface area contributed by atoms with Crippen LogP contribution in [0.5, 0.6) is 0 Å². The smallest absolute Gasteiger partial charge is 0.255 e. The summed E-state index contributed by atoms with van der Waals surface area (Å²) in [5.41, 5.74) is 5.71. The van der Waals surface area contributed by atoms with Gasteiger partial charge in [0.05, 0.1) is 16.8 Å². The lowest BCUT2D eigenvalue weighted by molar-refractivity contribution is 0.102. The summed E-state index contributed by atoms with van der Waals surface area (Å²) in [6.45, 7) is 15.0. The normalized spacial score (nSPS) is 12.5. The van der Waals surface area contributed by atoms with E-state index in [9.17, 15) is 13.2 Å². The molecule has 0 aliphatic heterocycles. The number of aromatic nitrogens is 3. The molecule has 0 aliphatic carbocycles. The molecule has 8 nitrogen and oxygen atoms in total. The number of aryl methyl sites for hydroxylation is 1. The Morgan fingerprint density at radius 2 is 1.83 bits per heavy atom. The SMILES string of the molecule is CCn1cc(CN(C)CCc2c(C(C)(C)C)[nH]c3ccc(NC(=O)c4ccc(S(=O)(=O)CC(C)C)cc4)cc23)cn1. The highest BCUT2D eigenvalue weighted by atomic mass is 32.2. The Labute approximate surface area is 244 Å². The molecule has 0 aliphatic rings. The van der Waals surface area contributed by atoms with Gasteiger partial charge in [-0.25, -0.2) is 8.42 Å². The third-order valence-corrected chi connectivity index (χ3v) is 9.25. The molecule has 0 radical (unpaired) electrons. The average Bonchev–Trinajstić information content (AvgIpc) is 3.50. The van der Waals surface area contributed by atoms with Crippen molar-refractivity contribution in [1.82, 2.24) is 19.7 Å². The summed E-state index contributed by atoms with van der Waals surface area (Å²) in [4.78, 5) is 19.2. The van der Waals surface area contributed by atoms with Crippen LogP contribution in [0.2, 0.25) is 0 Å². The fourth-order valence-electron chi connectivity index (χ4n) is 5.13. The highest BCUT2D eigenvalue weighted by Gasteiger charge is 2.23. The lowest BCUT2D eigenvalue weighted by Crippen LogP contribution is -2.22. The van der Waals surface area contributed by atoms with E-state index in [1.807, 2.05) is 42.9 Å². The van der Waals surface area contributed by atoms with Crippen molar-refractivity contribution in [1.29, 1.82) is 0 Å². The minimum atomic E-state index is -3.37. The number of hydrogen-bond donors (Lipinski definition) is 2. The van der Waals surface area contributed by atoms with Crippen LogP contribution in [-0.2, 0) is 34.8 Å². The number of anilines is 1. The van der Waals surface area contributed by atoms with Gasteiger partial charge in [0.1, 0.15) is 0 Å². The van der Waals surface area contributed by atoms with Crippen molar-refractivity contribution in [2.75, 3.05) is 24.7 Å². The maximum absolute atomic E-state index is 13.1. The van der Waals surface area contributed by atoms with Crippen molar-refractivity contribution in [3.8, 4) is 0 Å². The topological polar surface area (TPSA) is 100 Å². The average molecular weight is 578 g/mol. The van der Waals surface area contributed by atoms with E-state index in [1.165, 1.54) is 29.0 Å². The number of amides is 1. The van der Waals surface area contributed by atoms with Gasteiger partial charge in [-0.15, -0.1) is 0 Å². The van der Waals surface area contributed by atoms with E-state index >= 15 is 0 Å². The van der Waals surface area contributed by atoms with Crippen molar-refractivity contribution < 1.29 is 13.2 Å². The van der Waals surface area contributed by atoms with Crippen molar-refractivity contribution >= 4 is 32.3 Å². The number of carbonyl (C=O) groups is 1. The van der Waals surface area contributed by atoms with Crippen molar-refractivity contribution in [2.24, 2.45) is 5.92 Å². The number of sulfone groups is 1. The van der Waals surface area contributed by atoms with Crippen LogP contribution in [0.15, 0.2) is 59.8 Å². The molecule has 4 aromatic rings. The number of carbonyl (C=O) groups excluding carboxylic acids is 1. The predicted molar refractivity (Wildman–Crippen MR) is 166 cm³/mol. The first-order valence-electron chi connectivity index (χ1n) is 14.3. The molecule has 0 unspecified atom stereocenters. The molecule has 0 saturated heterocycles. The van der Waals surface area contributed by atoms with Crippen molar-refractivity contribution in [3.63, 3.8) is 0 Å². The van der Waals surface area contributed by atoms with Gasteiger partial charge in [0.2, 0.25) is 0 Å². The Balaban J connectivity index is 1.53. The molecular formula is C32H43N5O3S. The zero-order chi connectivity index (χ0) is 29.9. The van der Waals surface area contributed by atoms with Gasteiger partial charge in [-0.3, -0.25) is 9.48 Å². The Morgan fingerprint density at radius 3 is 2.44 bits per heavy atom. The zero-order valence-corrected chi connectivity index (χ0v) is 26.1. The lowest BCUT2D eigenvalue weighted by atomic mass is 9.88. The number of fused-ring (bicyclic) bond motifs is 1. The monoisotopic (exact) mass is 577 g/mol. The highest BCUT2D eigenvalue weighted by molar-refractivity contribution is 7.91. The molecule has 0 bridgehead atoms. The zero-order valence-electron chi connectivity index (χ0n) is 25.3. The molecule has 0 atom stereocenters. The maximum Gasteiger partial charge on any atom is 0.255 e. The second kappa shape index (κ2) is 12.2. The van der Waals surface area contributed by atoms with Gasteiger partial charge in [-0.1, -0.05) is 34.6 Å². The van der Waals surface area contributed by atoms with Crippen LogP contribution in [-0.4, -0.2) is 53.3 Å². The van der Waals surface area contributed by atoms with E-state index in [-0.39, 0.29) is 27.9 Å². The molecule has 220 valence electrons. The Morgan fingerprint density at radius 1 is 1.12 bits per heavy atom. The minimum absolute atomic E-state index is 0.0290. The van der Waals surface area contributed by atoms with Crippen LogP contribution in [0, 0.1) is 5.92 Å². The molecule has 0 saturated carbocycles. The second-order valence-electron chi connectivity index (χ2n) is 12.3. The van der Waals surface area contributed by atoms with E-state index < -0.39 is 9.84 Å². The summed E-state index contributed by atoms with van der Waals surface area (Å²) in [6.07, 6.45) is 4.88. The molecule has 2 aromatic heterocycles. The van der Waals surface area contributed by atoms with Crippen LogP contribution in [0.25, 0.3) is 10.9 Å². The van der Waals surface area contributed by atoms with Crippen molar-refractivity contribution in [2.45, 2.75) is 71.4 Å². The number of likely N-dealkylation sites (N-methyl/N-ethyl adjacent to an activating group) is 1. The van der Waals surface area contributed by atoms with E-state index in [0.29, 0.717) is 11.3 Å². The number of rotatable bonds is 11. The molecule has 4 rings (SSSR count). The van der Waals surface area contributed by atoms with Gasteiger partial charge in [0.15, 0.2) is 9.84 Å². The quantitative estimate of drug-likeness (QED) is 0.226. The van der Waals surface area contributed by atoms with E-state index in [1.54, 1.807) is 12.1 Å². The third-order valence-electron chi connectivity index (χ3n) is 7.15. The number of aromatic amines is 1. The summed E-state index contributed by atoms with van der Waals surface area (Å²) in [6, 6.07) is 12.1. The molecule has 2 heterocycles. The first-order valence-corrected chi connectivity index (χ1v) is 15.9. The van der Waals surface area contributed by atoms with Crippen molar-refractivity contribution in [3.05, 3.63) is 77.2 Å². The van der Waals surface area contributed by atoms with Crippen LogP contribution in [0.1, 0.15) is 68.7 Å². The summed E-state index contributed by atoms with van der Waals surface area (Å²) in [7, 11) is -1.25. The van der Waals surface area contributed by atoms with E-state index in [4.69, 9.17) is 0 Å². The molecule has 41 heavy (non-hydrogen) atoms. The second-order valence-corrected chi connectivity index (χ2v) is 14.4. The Hall–Kier alpha value is -3.43. The summed E-state index contributed by atoms with van der Waals surface area (Å²) >= 11 is 0. The molecule has 0 fully saturated rings. The van der Waals surface area contributed by atoms with Gasteiger partial charge < -0.3 is 15.2 Å².